The Balaban J connectivity index is 1.40. The van der Waals surface area contributed by atoms with Gasteiger partial charge >= 0.3 is 5.97 Å². The third kappa shape index (κ3) is 6.87. The molecule has 5 rings (SSSR count). The summed E-state index contributed by atoms with van der Waals surface area (Å²) in [5, 5.41) is 5.27. The first-order chi connectivity index (χ1) is 20.8. The molecule has 2 aromatic heterocycles. The van der Waals surface area contributed by atoms with E-state index in [0.29, 0.717) is 17.0 Å². The van der Waals surface area contributed by atoms with Crippen LogP contribution in [0.4, 0.5) is 16.2 Å². The molecule has 0 radical (unpaired) electrons. The van der Waals surface area contributed by atoms with Gasteiger partial charge in [0.1, 0.15) is 25.3 Å². The van der Waals surface area contributed by atoms with E-state index in [1.807, 2.05) is 63.5 Å². The fourth-order valence-corrected chi connectivity index (χ4v) is 8.60. The topological polar surface area (TPSA) is 130 Å². The second kappa shape index (κ2) is 12.6. The van der Waals surface area contributed by atoms with E-state index < -0.39 is 37.1 Å². The van der Waals surface area contributed by atoms with Crippen LogP contribution in [0.3, 0.4) is 0 Å². The van der Waals surface area contributed by atoms with Gasteiger partial charge < -0.3 is 24.6 Å². The first-order valence-electron chi connectivity index (χ1n) is 14.5. The maximum atomic E-state index is 16.5. The van der Waals surface area contributed by atoms with E-state index in [0.717, 1.165) is 16.3 Å². The number of aromatic nitrogens is 4. The molecule has 3 N–H and O–H groups in total. The minimum atomic E-state index is -3.06. The molecule has 14 heteroatoms. The van der Waals surface area contributed by atoms with E-state index in [1.165, 1.54) is 0 Å². The summed E-state index contributed by atoms with van der Waals surface area (Å²) >= 11 is 6.09. The van der Waals surface area contributed by atoms with Gasteiger partial charge in [-0.3, -0.25) is 14.4 Å². The molecule has 0 spiro atoms. The molecule has 4 aromatic rings. The molecule has 236 valence electrons. The van der Waals surface area contributed by atoms with Crippen LogP contribution in [0.2, 0.25) is 0 Å². The monoisotopic (exact) mass is 643 g/mol. The second-order valence-electron chi connectivity index (χ2n) is 11.8. The van der Waals surface area contributed by atoms with Crippen LogP contribution in [0.15, 0.2) is 48.8 Å². The van der Waals surface area contributed by atoms with Gasteiger partial charge in [-0.2, -0.15) is 9.97 Å². The number of benzene rings is 2. The molecular formula is C30H39FN7O4PS. The fraction of sp³-hybridized carbons (Fsp3) is 0.467. The number of rotatable bonds is 11. The van der Waals surface area contributed by atoms with Crippen LogP contribution in [0.5, 0.6) is 0 Å². The van der Waals surface area contributed by atoms with Gasteiger partial charge in [0.25, 0.3) is 0 Å². The summed E-state index contributed by atoms with van der Waals surface area (Å²) < 4.78 is 35.9. The van der Waals surface area contributed by atoms with Crippen molar-refractivity contribution in [3.63, 3.8) is 0 Å². The number of imidazole rings is 1. The number of anilines is 2. The van der Waals surface area contributed by atoms with Gasteiger partial charge in [0, 0.05) is 32.6 Å². The molecule has 0 saturated carbocycles. The van der Waals surface area contributed by atoms with Crippen molar-refractivity contribution in [2.75, 3.05) is 31.3 Å². The number of halogens is 1. The Morgan fingerprint density at radius 3 is 2.70 bits per heavy atom. The zero-order chi connectivity index (χ0) is 31.8. The van der Waals surface area contributed by atoms with E-state index in [1.54, 1.807) is 36.6 Å². The molecular weight excluding hydrogens is 604 g/mol. The summed E-state index contributed by atoms with van der Waals surface area (Å²) in [7, 11) is 3.66. The fourth-order valence-electron chi connectivity index (χ4n) is 5.47. The van der Waals surface area contributed by atoms with Gasteiger partial charge in [0.2, 0.25) is 11.8 Å². The summed E-state index contributed by atoms with van der Waals surface area (Å²) in [6.07, 6.45) is -2.17. The van der Waals surface area contributed by atoms with Crippen LogP contribution in [-0.4, -0.2) is 64.2 Å². The first-order valence-corrected chi connectivity index (χ1v) is 17.4. The Morgan fingerprint density at radius 1 is 1.25 bits per heavy atom. The number of nitrogens with two attached hydrogens (primary N) is 1. The number of carbonyl (C=O) groups excluding carboxylic acids is 1. The Hall–Kier alpha value is -3.22. The van der Waals surface area contributed by atoms with Gasteiger partial charge in [-0.15, -0.1) is 0 Å². The molecule has 3 heterocycles. The van der Waals surface area contributed by atoms with E-state index in [4.69, 9.17) is 31.5 Å². The molecule has 0 bridgehead atoms. The van der Waals surface area contributed by atoms with Gasteiger partial charge in [-0.05, 0) is 48.9 Å². The number of alkyl halides is 1. The molecule has 0 unspecified atom stereocenters. The third-order valence-electron chi connectivity index (χ3n) is 7.41. The highest BCUT2D eigenvalue weighted by molar-refractivity contribution is 8.10. The minimum absolute atomic E-state index is 0.0486. The largest absolute Gasteiger partial charge is 0.462 e. The van der Waals surface area contributed by atoms with Crippen molar-refractivity contribution in [2.45, 2.75) is 64.5 Å². The number of fused-ring (bicyclic) bond motifs is 2. The Labute approximate surface area is 261 Å². The first kappa shape index (κ1) is 32.2. The lowest BCUT2D eigenvalue weighted by atomic mass is 10.1. The highest BCUT2D eigenvalue weighted by atomic mass is 32.4. The zero-order valence-electron chi connectivity index (χ0n) is 25.7. The quantitative estimate of drug-likeness (QED) is 0.163. The summed E-state index contributed by atoms with van der Waals surface area (Å²) in [6.45, 7) is 6.69. The number of hydrogen-bond acceptors (Lipinski definition) is 10. The smallest absolute Gasteiger partial charge is 0.323 e. The summed E-state index contributed by atoms with van der Waals surface area (Å²) in [5.41, 5.74) is 7.90. The average molecular weight is 644 g/mol. The number of ether oxygens (including phenoxy) is 2. The summed E-state index contributed by atoms with van der Waals surface area (Å²) in [5.74, 6) is -2.24. The second-order valence-corrected chi connectivity index (χ2v) is 15.7. The van der Waals surface area contributed by atoms with Gasteiger partial charge in [0.15, 0.2) is 17.0 Å². The van der Waals surface area contributed by atoms with Gasteiger partial charge in [-0.1, -0.05) is 49.4 Å². The number of esters is 1. The van der Waals surface area contributed by atoms with Gasteiger partial charge in [0.05, 0.1) is 12.4 Å². The molecule has 0 aliphatic carbocycles. The third-order valence-corrected chi connectivity index (χ3v) is 10.5. The van der Waals surface area contributed by atoms with E-state index in [-0.39, 0.29) is 30.6 Å². The summed E-state index contributed by atoms with van der Waals surface area (Å²) in [6, 6.07) is 13.1. The molecule has 1 aliphatic rings. The Morgan fingerprint density at radius 2 is 1.98 bits per heavy atom. The van der Waals surface area contributed by atoms with E-state index in [2.05, 4.69) is 20.0 Å². The molecule has 1 fully saturated rings. The highest BCUT2D eigenvalue weighted by Crippen LogP contribution is 2.51. The van der Waals surface area contributed by atoms with Crippen LogP contribution >= 0.6 is 6.42 Å². The maximum absolute atomic E-state index is 16.5. The van der Waals surface area contributed by atoms with Crippen LogP contribution in [-0.2, 0) is 36.8 Å². The van der Waals surface area contributed by atoms with Crippen LogP contribution in [0.25, 0.3) is 21.9 Å². The number of nitrogens with one attached hydrogen (secondary N) is 1. The van der Waals surface area contributed by atoms with Crippen LogP contribution < -0.4 is 15.7 Å². The van der Waals surface area contributed by atoms with Crippen molar-refractivity contribution in [1.82, 2.24) is 24.6 Å². The SMILES string of the molecule is CC(C)OC(=O)[C@H](C)N[P@](=S)(Cc1cccc2ccccc12)OC[C@]1(F)C[C@H](C)[C@H](n2cnc3c(N(C)C)nc(N)nc32)O1. The predicted octanol–water partition coefficient (Wildman–Crippen LogP) is 5.30. The molecule has 1 aliphatic heterocycles. The number of carbonyl (C=O) groups is 1. The lowest BCUT2D eigenvalue weighted by Gasteiger charge is -2.30. The minimum Gasteiger partial charge on any atom is -0.462 e. The van der Waals surface area contributed by atoms with E-state index >= 15 is 4.39 Å². The Kier molecular flexibility index (Phi) is 9.25. The van der Waals surface area contributed by atoms with Gasteiger partial charge in [-0.25, -0.2) is 9.37 Å². The molecule has 5 atom stereocenters. The van der Waals surface area contributed by atoms with Crippen molar-refractivity contribution in [3.8, 4) is 0 Å². The molecule has 11 nitrogen and oxygen atoms in total. The normalized spacial score (nSPS) is 22.4. The predicted molar refractivity (Wildman–Crippen MR) is 174 cm³/mol. The standard InChI is InChI=1S/C30H39FN7O4PS/c1-18(2)41-28(39)20(4)36-43(44,15-22-12-9-11-21-10-7-8-13-23(21)22)40-16-30(31)14-19(3)27(42-30)38-17-33-24-25(37(5)6)34-29(32)35-26(24)38/h7-13,17-20,27H,14-16H2,1-6H3,(H,36,44)(H2,32,34,35)/t19-,20-,27+,30-,43+/m0/s1. The number of hydrogen-bond donors (Lipinski definition) is 2. The van der Waals surface area contributed by atoms with Crippen molar-refractivity contribution in [1.29, 1.82) is 0 Å². The number of nitrogens with zero attached hydrogens (tertiary/aromatic N) is 5. The molecule has 44 heavy (non-hydrogen) atoms. The highest BCUT2D eigenvalue weighted by Gasteiger charge is 2.48. The van der Waals surface area contributed by atoms with Crippen LogP contribution in [0.1, 0.15) is 45.9 Å². The zero-order valence-corrected chi connectivity index (χ0v) is 27.4. The number of nitrogen functional groups attached to an aromatic ring is 1. The van der Waals surface area contributed by atoms with Crippen molar-refractivity contribution >= 4 is 57.9 Å². The van der Waals surface area contributed by atoms with Crippen molar-refractivity contribution in [3.05, 3.63) is 54.4 Å². The lowest BCUT2D eigenvalue weighted by Crippen LogP contribution is -2.37. The maximum Gasteiger partial charge on any atom is 0.323 e. The molecule has 2 aromatic carbocycles. The van der Waals surface area contributed by atoms with Crippen molar-refractivity contribution < 1.29 is 23.2 Å². The van der Waals surface area contributed by atoms with Crippen molar-refractivity contribution in [2.24, 2.45) is 5.92 Å². The Bertz CT molecular complexity index is 1710. The molecule has 1 saturated heterocycles. The molecule has 0 amide bonds. The van der Waals surface area contributed by atoms with E-state index in [9.17, 15) is 4.79 Å². The average Bonchev–Trinajstić information content (AvgIpc) is 3.51. The lowest BCUT2D eigenvalue weighted by molar-refractivity contribution is -0.172. The van der Waals surface area contributed by atoms with Crippen LogP contribution in [0, 0.1) is 5.92 Å². The summed E-state index contributed by atoms with van der Waals surface area (Å²) in [4.78, 5) is 27.7.